The van der Waals surface area contributed by atoms with Crippen LogP contribution in [0.15, 0.2) is 24.3 Å². The Morgan fingerprint density at radius 2 is 2.11 bits per heavy atom. The lowest BCUT2D eigenvalue weighted by Crippen LogP contribution is -2.42. The van der Waals surface area contributed by atoms with Crippen molar-refractivity contribution in [3.63, 3.8) is 0 Å². The Bertz CT molecular complexity index is 539. The number of carbonyl (C=O) groups is 2. The van der Waals surface area contributed by atoms with Crippen LogP contribution < -0.4 is 5.32 Å². The van der Waals surface area contributed by atoms with E-state index < -0.39 is 22.8 Å². The fraction of sp³-hybridized carbons (Fsp3) is 0.333. The molecule has 0 radical (unpaired) electrons. The Hall–Kier alpha value is -2.44. The maximum atomic E-state index is 11.9. The van der Waals surface area contributed by atoms with Crippen LogP contribution in [0.4, 0.5) is 5.69 Å². The topological polar surface area (TPSA) is 110 Å². The number of carbonyl (C=O) groups excluding carboxylic acids is 1. The highest BCUT2D eigenvalue weighted by Crippen LogP contribution is 2.32. The Labute approximate surface area is 108 Å². The summed E-state index contributed by atoms with van der Waals surface area (Å²) in [7, 11) is 0. The quantitative estimate of drug-likeness (QED) is 0.613. The molecule has 100 valence electrons. The van der Waals surface area contributed by atoms with E-state index in [-0.39, 0.29) is 17.2 Å². The Morgan fingerprint density at radius 1 is 1.42 bits per heavy atom. The molecule has 1 fully saturated rings. The van der Waals surface area contributed by atoms with Crippen LogP contribution in [0.25, 0.3) is 0 Å². The van der Waals surface area contributed by atoms with Gasteiger partial charge in [0.05, 0.1) is 4.92 Å². The molecule has 7 heteroatoms. The highest BCUT2D eigenvalue weighted by atomic mass is 16.6. The summed E-state index contributed by atoms with van der Waals surface area (Å²) >= 11 is 0. The molecule has 2 rings (SSSR count). The van der Waals surface area contributed by atoms with Crippen LogP contribution in [0.1, 0.15) is 23.2 Å². The van der Waals surface area contributed by atoms with Gasteiger partial charge in [-0.25, -0.2) is 4.79 Å². The van der Waals surface area contributed by atoms with Gasteiger partial charge in [0.1, 0.15) is 6.04 Å². The van der Waals surface area contributed by atoms with Gasteiger partial charge in [0.25, 0.3) is 11.6 Å². The van der Waals surface area contributed by atoms with Gasteiger partial charge in [0, 0.05) is 17.7 Å². The van der Waals surface area contributed by atoms with E-state index in [1.54, 1.807) is 0 Å². The summed E-state index contributed by atoms with van der Waals surface area (Å²) in [5.74, 6) is -1.73. The number of carboxylic acid groups (broad SMARTS) is 1. The minimum absolute atomic E-state index is 0.0415. The molecule has 0 aromatic heterocycles. The van der Waals surface area contributed by atoms with Crippen LogP contribution in [0.2, 0.25) is 0 Å². The maximum Gasteiger partial charge on any atom is 0.326 e. The molecule has 1 aliphatic rings. The molecular formula is C12H12N2O5. The molecule has 0 aliphatic heterocycles. The number of hydrogen-bond acceptors (Lipinski definition) is 4. The van der Waals surface area contributed by atoms with Crippen molar-refractivity contribution in [2.45, 2.75) is 18.9 Å². The van der Waals surface area contributed by atoms with Gasteiger partial charge in [0.15, 0.2) is 0 Å². The molecule has 0 spiro atoms. The molecule has 1 saturated carbocycles. The van der Waals surface area contributed by atoms with Crippen molar-refractivity contribution in [1.29, 1.82) is 0 Å². The number of nitrogens with one attached hydrogen (secondary N) is 1. The van der Waals surface area contributed by atoms with Crippen LogP contribution in [0.3, 0.4) is 0 Å². The largest absolute Gasteiger partial charge is 0.480 e. The summed E-state index contributed by atoms with van der Waals surface area (Å²) in [5, 5.41) is 22.0. The van der Waals surface area contributed by atoms with Gasteiger partial charge in [-0.1, -0.05) is 6.07 Å². The number of carboxylic acids is 1. The molecule has 1 aromatic rings. The second kappa shape index (κ2) is 5.05. The van der Waals surface area contributed by atoms with Crippen LogP contribution >= 0.6 is 0 Å². The zero-order valence-corrected chi connectivity index (χ0v) is 9.91. The van der Waals surface area contributed by atoms with Crippen molar-refractivity contribution in [2.75, 3.05) is 0 Å². The fourth-order valence-electron chi connectivity index (χ4n) is 1.80. The molecule has 1 unspecified atom stereocenters. The lowest BCUT2D eigenvalue weighted by molar-refractivity contribution is -0.384. The molecule has 1 aromatic carbocycles. The molecule has 7 nitrogen and oxygen atoms in total. The number of nitro groups is 1. The van der Waals surface area contributed by atoms with Gasteiger partial charge in [-0.2, -0.15) is 0 Å². The lowest BCUT2D eigenvalue weighted by Gasteiger charge is -2.13. The molecule has 0 saturated heterocycles. The van der Waals surface area contributed by atoms with E-state index in [2.05, 4.69) is 5.32 Å². The number of aliphatic carboxylic acids is 1. The third-order valence-electron chi connectivity index (χ3n) is 2.97. The maximum absolute atomic E-state index is 11.9. The average molecular weight is 264 g/mol. The summed E-state index contributed by atoms with van der Waals surface area (Å²) < 4.78 is 0. The number of nitrogens with zero attached hydrogens (tertiary/aromatic N) is 1. The zero-order valence-electron chi connectivity index (χ0n) is 9.91. The predicted molar refractivity (Wildman–Crippen MR) is 64.7 cm³/mol. The zero-order chi connectivity index (χ0) is 14.0. The van der Waals surface area contributed by atoms with E-state index >= 15 is 0 Å². The smallest absolute Gasteiger partial charge is 0.326 e. The molecule has 1 aliphatic carbocycles. The molecule has 2 N–H and O–H groups in total. The van der Waals surface area contributed by atoms with Crippen molar-refractivity contribution >= 4 is 17.6 Å². The van der Waals surface area contributed by atoms with Crippen LogP contribution in [-0.2, 0) is 4.79 Å². The van der Waals surface area contributed by atoms with Gasteiger partial charge in [-0.15, -0.1) is 0 Å². The van der Waals surface area contributed by atoms with Gasteiger partial charge < -0.3 is 10.4 Å². The van der Waals surface area contributed by atoms with Gasteiger partial charge in [-0.3, -0.25) is 14.9 Å². The summed E-state index contributed by atoms with van der Waals surface area (Å²) in [6, 6.07) is 4.27. The second-order valence-electron chi connectivity index (χ2n) is 4.43. The second-order valence-corrected chi connectivity index (χ2v) is 4.43. The minimum atomic E-state index is -1.08. The predicted octanol–water partition coefficient (Wildman–Crippen LogP) is 1.19. The van der Waals surface area contributed by atoms with Crippen molar-refractivity contribution in [1.82, 2.24) is 5.32 Å². The lowest BCUT2D eigenvalue weighted by atomic mass is 10.1. The van der Waals surface area contributed by atoms with E-state index in [4.69, 9.17) is 5.11 Å². The molecule has 1 amide bonds. The van der Waals surface area contributed by atoms with Gasteiger partial charge in [-0.05, 0) is 24.8 Å². The number of rotatable bonds is 5. The normalized spacial score (nSPS) is 15.6. The Kier molecular flexibility index (Phi) is 3.46. The Morgan fingerprint density at radius 3 is 2.63 bits per heavy atom. The van der Waals surface area contributed by atoms with E-state index in [1.165, 1.54) is 18.2 Å². The van der Waals surface area contributed by atoms with E-state index in [1.807, 2.05) is 0 Å². The summed E-state index contributed by atoms with van der Waals surface area (Å²) in [4.78, 5) is 32.9. The highest BCUT2D eigenvalue weighted by molar-refractivity contribution is 5.97. The van der Waals surface area contributed by atoms with Gasteiger partial charge >= 0.3 is 5.97 Å². The fourth-order valence-corrected chi connectivity index (χ4v) is 1.80. The van der Waals surface area contributed by atoms with Crippen molar-refractivity contribution in [3.8, 4) is 0 Å². The summed E-state index contributed by atoms with van der Waals surface area (Å²) in [6.45, 7) is 0. The van der Waals surface area contributed by atoms with E-state index in [0.29, 0.717) is 0 Å². The SMILES string of the molecule is O=C(NC(C(=O)O)C1CC1)c1cccc([N+](=O)[O-])c1. The van der Waals surface area contributed by atoms with Crippen LogP contribution in [0, 0.1) is 16.0 Å². The first-order chi connectivity index (χ1) is 8.99. The highest BCUT2D eigenvalue weighted by Gasteiger charge is 2.37. The minimum Gasteiger partial charge on any atom is -0.480 e. The number of non-ortho nitro benzene ring substituents is 1. The number of nitro benzene ring substituents is 1. The third kappa shape index (κ3) is 3.06. The molecule has 1 atom stereocenters. The third-order valence-corrected chi connectivity index (χ3v) is 2.97. The number of hydrogen-bond donors (Lipinski definition) is 2. The van der Waals surface area contributed by atoms with E-state index in [0.717, 1.165) is 18.9 Å². The average Bonchev–Trinajstić information content (AvgIpc) is 3.19. The van der Waals surface area contributed by atoms with Crippen LogP contribution in [0.5, 0.6) is 0 Å². The summed E-state index contributed by atoms with van der Waals surface area (Å²) in [5.41, 5.74) is -0.118. The Balaban J connectivity index is 2.12. The first-order valence-electron chi connectivity index (χ1n) is 5.77. The monoisotopic (exact) mass is 264 g/mol. The standard InChI is InChI=1S/C12H12N2O5/c15-11(13-10(12(16)17)7-4-5-7)8-2-1-3-9(6-8)14(18)19/h1-3,6-7,10H,4-5H2,(H,13,15)(H,16,17). The van der Waals surface area contributed by atoms with Crippen LogP contribution in [-0.4, -0.2) is 27.9 Å². The molecule has 0 heterocycles. The molecule has 0 bridgehead atoms. The summed E-state index contributed by atoms with van der Waals surface area (Å²) in [6.07, 6.45) is 1.54. The van der Waals surface area contributed by atoms with Crippen molar-refractivity contribution in [3.05, 3.63) is 39.9 Å². The van der Waals surface area contributed by atoms with Gasteiger partial charge in [0.2, 0.25) is 0 Å². The van der Waals surface area contributed by atoms with E-state index in [9.17, 15) is 19.7 Å². The number of benzene rings is 1. The first kappa shape index (κ1) is 13.0. The van der Waals surface area contributed by atoms with Crippen molar-refractivity contribution in [2.24, 2.45) is 5.92 Å². The van der Waals surface area contributed by atoms with Crippen molar-refractivity contribution < 1.29 is 19.6 Å². The number of amides is 1. The first-order valence-corrected chi connectivity index (χ1v) is 5.77. The molecule has 19 heavy (non-hydrogen) atoms. The molecular weight excluding hydrogens is 252 g/mol.